The molecule has 0 spiro atoms. The Balaban J connectivity index is 1.57. The van der Waals surface area contributed by atoms with E-state index in [4.69, 9.17) is 11.6 Å². The average molecular weight is 410 g/mol. The van der Waals surface area contributed by atoms with E-state index < -0.39 is 11.9 Å². The van der Waals surface area contributed by atoms with Gasteiger partial charge in [0.15, 0.2) is 11.5 Å². The van der Waals surface area contributed by atoms with Crippen molar-refractivity contribution in [3.05, 3.63) is 52.9 Å². The lowest BCUT2D eigenvalue weighted by Crippen LogP contribution is -2.22. The highest BCUT2D eigenvalue weighted by molar-refractivity contribution is 6.30. The van der Waals surface area contributed by atoms with Gasteiger partial charge in [-0.1, -0.05) is 17.7 Å². The maximum atomic E-state index is 11.9. The summed E-state index contributed by atoms with van der Waals surface area (Å²) in [6, 6.07) is 9.09. The van der Waals surface area contributed by atoms with Crippen molar-refractivity contribution in [1.82, 2.24) is 25.2 Å². The summed E-state index contributed by atoms with van der Waals surface area (Å²) in [7, 11) is 0. The third-order valence-corrected chi connectivity index (χ3v) is 4.78. The van der Waals surface area contributed by atoms with Crippen LogP contribution in [0.3, 0.4) is 0 Å². The summed E-state index contributed by atoms with van der Waals surface area (Å²) >= 11 is 6.07. The molecular formula is C19H16ClN7O2. The highest BCUT2D eigenvalue weighted by Crippen LogP contribution is 2.30. The molecule has 3 aromatic rings. The Labute approximate surface area is 170 Å². The molecule has 1 aliphatic heterocycles. The largest absolute Gasteiger partial charge is 0.379 e. The fourth-order valence-corrected chi connectivity index (χ4v) is 3.23. The van der Waals surface area contributed by atoms with Crippen molar-refractivity contribution < 1.29 is 9.59 Å². The highest BCUT2D eigenvalue weighted by atomic mass is 35.5. The normalized spacial score (nSPS) is 17.5. The van der Waals surface area contributed by atoms with Gasteiger partial charge in [0.2, 0.25) is 0 Å². The predicted molar refractivity (Wildman–Crippen MR) is 109 cm³/mol. The Kier molecular flexibility index (Phi) is 4.09. The first kappa shape index (κ1) is 17.5. The molecule has 29 heavy (non-hydrogen) atoms. The van der Waals surface area contributed by atoms with E-state index >= 15 is 0 Å². The van der Waals surface area contributed by atoms with Gasteiger partial charge in [-0.25, -0.2) is 14.3 Å². The van der Waals surface area contributed by atoms with Crippen LogP contribution in [-0.4, -0.2) is 32.6 Å². The van der Waals surface area contributed by atoms with E-state index in [2.05, 4.69) is 31.3 Å². The number of imidazole rings is 1. The van der Waals surface area contributed by atoms with Crippen molar-refractivity contribution in [2.24, 2.45) is 0 Å². The first-order valence-corrected chi connectivity index (χ1v) is 9.45. The molecule has 1 aliphatic carbocycles. The predicted octanol–water partition coefficient (Wildman–Crippen LogP) is 2.88. The molecule has 0 atom stereocenters. The van der Waals surface area contributed by atoms with Crippen LogP contribution in [0.5, 0.6) is 0 Å². The molecule has 3 heterocycles. The number of nitrogens with zero attached hydrogens (tertiary/aromatic N) is 3. The van der Waals surface area contributed by atoms with E-state index in [1.807, 2.05) is 18.2 Å². The number of carbonyl (C=O) groups is 2. The molecule has 1 saturated carbocycles. The highest BCUT2D eigenvalue weighted by Gasteiger charge is 2.25. The Morgan fingerprint density at radius 1 is 1.21 bits per heavy atom. The second kappa shape index (κ2) is 6.78. The van der Waals surface area contributed by atoms with Gasteiger partial charge in [-0.3, -0.25) is 10.1 Å². The van der Waals surface area contributed by atoms with Crippen LogP contribution in [0.15, 0.2) is 42.2 Å². The maximum absolute atomic E-state index is 11.9. The first-order chi connectivity index (χ1) is 14.0. The van der Waals surface area contributed by atoms with Gasteiger partial charge >= 0.3 is 6.03 Å². The van der Waals surface area contributed by atoms with Gasteiger partial charge in [-0.2, -0.15) is 0 Å². The molecule has 4 N–H and O–H groups in total. The van der Waals surface area contributed by atoms with Crippen molar-refractivity contribution in [3.8, 4) is 0 Å². The van der Waals surface area contributed by atoms with E-state index in [-0.39, 0.29) is 5.70 Å². The quantitative estimate of drug-likeness (QED) is 0.381. The Morgan fingerprint density at radius 2 is 2.07 bits per heavy atom. The van der Waals surface area contributed by atoms with Crippen molar-refractivity contribution in [3.63, 3.8) is 0 Å². The van der Waals surface area contributed by atoms with Crippen molar-refractivity contribution in [1.29, 1.82) is 0 Å². The minimum atomic E-state index is -0.553. The fourth-order valence-electron chi connectivity index (χ4n) is 3.04. The van der Waals surface area contributed by atoms with Gasteiger partial charge in [0.05, 0.1) is 17.6 Å². The van der Waals surface area contributed by atoms with Gasteiger partial charge in [0.25, 0.3) is 5.91 Å². The molecule has 10 heteroatoms. The molecule has 9 nitrogen and oxygen atoms in total. The van der Waals surface area contributed by atoms with Gasteiger partial charge in [-0.05, 0) is 37.1 Å². The van der Waals surface area contributed by atoms with Crippen molar-refractivity contribution in [2.45, 2.75) is 18.9 Å². The minimum Gasteiger partial charge on any atom is -0.379 e. The van der Waals surface area contributed by atoms with Gasteiger partial charge in [0.1, 0.15) is 5.70 Å². The van der Waals surface area contributed by atoms with Crippen LogP contribution in [0.2, 0.25) is 5.02 Å². The fraction of sp³-hybridized carbons (Fsp3) is 0.158. The Morgan fingerprint density at radius 3 is 2.79 bits per heavy atom. The van der Waals surface area contributed by atoms with E-state index in [0.717, 1.165) is 24.2 Å². The lowest BCUT2D eigenvalue weighted by atomic mass is 10.3. The number of aromatic nitrogens is 3. The second-order valence-electron chi connectivity index (χ2n) is 6.88. The summed E-state index contributed by atoms with van der Waals surface area (Å²) in [5.41, 5.74) is 2.95. The zero-order valence-electron chi connectivity index (χ0n) is 15.1. The molecule has 2 aliphatic rings. The zero-order chi connectivity index (χ0) is 20.0. The third-order valence-electron chi connectivity index (χ3n) is 4.54. The van der Waals surface area contributed by atoms with Crippen LogP contribution < -0.4 is 21.3 Å². The lowest BCUT2D eigenvalue weighted by Gasteiger charge is -2.11. The van der Waals surface area contributed by atoms with Crippen molar-refractivity contribution >= 4 is 52.5 Å². The minimum absolute atomic E-state index is 0.142. The summed E-state index contributed by atoms with van der Waals surface area (Å²) in [6.07, 6.45) is 5.36. The summed E-state index contributed by atoms with van der Waals surface area (Å²) in [6.45, 7) is 0. The first-order valence-electron chi connectivity index (χ1n) is 9.07. The molecule has 2 fully saturated rings. The summed E-state index contributed by atoms with van der Waals surface area (Å²) < 4.78 is 1.63. The number of rotatable bonds is 5. The zero-order valence-corrected chi connectivity index (χ0v) is 15.8. The SMILES string of the molecule is O=C1NC(=O)/C(=C/c2cnc3c(NC4CC4)cc(Nc4cccc(Cl)c4)nn23)N1. The molecule has 0 radical (unpaired) electrons. The third kappa shape index (κ3) is 3.59. The number of carbonyl (C=O) groups excluding carboxylic acids is 2. The monoisotopic (exact) mass is 409 g/mol. The van der Waals surface area contributed by atoms with E-state index in [0.29, 0.717) is 28.2 Å². The summed E-state index contributed by atoms with van der Waals surface area (Å²) in [5, 5.41) is 16.6. The van der Waals surface area contributed by atoms with Crippen LogP contribution >= 0.6 is 11.6 Å². The number of fused-ring (bicyclic) bond motifs is 1. The molecule has 1 aromatic carbocycles. The van der Waals surface area contributed by atoms with Gasteiger partial charge in [-0.15, -0.1) is 5.10 Å². The number of hydrogen-bond acceptors (Lipinski definition) is 6. The topological polar surface area (TPSA) is 112 Å². The number of halogens is 1. The van der Waals surface area contributed by atoms with E-state index in [1.54, 1.807) is 22.8 Å². The Hall–Kier alpha value is -3.59. The van der Waals surface area contributed by atoms with E-state index in [1.165, 1.54) is 6.08 Å². The lowest BCUT2D eigenvalue weighted by molar-refractivity contribution is -0.115. The van der Waals surface area contributed by atoms with Gasteiger partial charge in [0, 0.05) is 22.8 Å². The average Bonchev–Trinajstić information content (AvgIpc) is 3.31. The maximum Gasteiger partial charge on any atom is 0.326 e. The number of anilines is 3. The molecule has 0 bridgehead atoms. The standard InChI is InChI=1S/C19H16ClN7O2/c20-10-2-1-3-12(6-10)23-16-8-14(22-11-4-5-11)17-21-9-13(27(17)26-16)7-15-18(28)25-19(29)24-15/h1-3,6-9,11,22H,4-5H2,(H,23,26)(H2,24,25,28,29)/b15-7-. The number of amides is 3. The van der Waals surface area contributed by atoms with Crippen LogP contribution in [0, 0.1) is 0 Å². The molecule has 2 aromatic heterocycles. The number of benzene rings is 1. The van der Waals surface area contributed by atoms with Crippen molar-refractivity contribution in [2.75, 3.05) is 10.6 Å². The Bertz CT molecular complexity index is 1180. The second-order valence-corrected chi connectivity index (χ2v) is 7.32. The van der Waals surface area contributed by atoms with Crippen LogP contribution in [0.4, 0.5) is 22.0 Å². The number of nitrogens with one attached hydrogen (secondary N) is 4. The summed E-state index contributed by atoms with van der Waals surface area (Å²) in [4.78, 5) is 27.7. The molecule has 0 unspecified atom stereocenters. The van der Waals surface area contributed by atoms with E-state index in [9.17, 15) is 9.59 Å². The van der Waals surface area contributed by atoms with Crippen LogP contribution in [0.1, 0.15) is 18.5 Å². The van der Waals surface area contributed by atoms with Crippen LogP contribution in [-0.2, 0) is 4.79 Å². The molecule has 146 valence electrons. The smallest absolute Gasteiger partial charge is 0.326 e. The number of hydrogen-bond donors (Lipinski definition) is 4. The molecule has 1 saturated heterocycles. The van der Waals surface area contributed by atoms with Crippen LogP contribution in [0.25, 0.3) is 11.7 Å². The molecule has 3 amide bonds. The summed E-state index contributed by atoms with van der Waals surface area (Å²) in [5.74, 6) is 0.0926. The molecule has 5 rings (SSSR count). The molecular weight excluding hydrogens is 394 g/mol. The number of urea groups is 1. The number of imide groups is 1. The van der Waals surface area contributed by atoms with Gasteiger partial charge < -0.3 is 16.0 Å².